The lowest BCUT2D eigenvalue weighted by atomic mass is 9.83. The van der Waals surface area contributed by atoms with Crippen molar-refractivity contribution in [2.45, 2.75) is 44.8 Å². The van der Waals surface area contributed by atoms with E-state index < -0.39 is 11.1 Å². The van der Waals surface area contributed by atoms with Crippen molar-refractivity contribution in [1.82, 2.24) is 9.88 Å². The summed E-state index contributed by atoms with van der Waals surface area (Å²) in [5.74, 6) is 0.461. The molecule has 2 aliphatic heterocycles. The zero-order valence-electron chi connectivity index (χ0n) is 21.9. The highest BCUT2D eigenvalue weighted by molar-refractivity contribution is 14.1. The van der Waals surface area contributed by atoms with Crippen LogP contribution in [-0.2, 0) is 15.1 Å². The van der Waals surface area contributed by atoms with Gasteiger partial charge < -0.3 is 25.0 Å². The number of nitrogens with zero attached hydrogens (tertiary/aromatic N) is 2. The molecular weight excluding hydrogens is 595 g/mol. The Hall–Kier alpha value is -3.34. The fraction of sp³-hybridized carbons (Fsp3) is 0.345. The molecule has 2 aromatic carbocycles. The van der Waals surface area contributed by atoms with Crippen molar-refractivity contribution in [3.63, 3.8) is 0 Å². The molecule has 0 aliphatic carbocycles. The lowest BCUT2D eigenvalue weighted by molar-refractivity contribution is -0.118. The molecular formula is C29H31IN4O4. The molecule has 2 aliphatic rings. The van der Waals surface area contributed by atoms with Crippen LogP contribution in [0.25, 0.3) is 0 Å². The quantitative estimate of drug-likeness (QED) is 0.340. The molecule has 2 N–H and O–H groups in total. The zero-order valence-corrected chi connectivity index (χ0v) is 24.0. The first-order chi connectivity index (χ1) is 18.1. The minimum absolute atomic E-state index is 0.195. The molecule has 9 heteroatoms. The van der Waals surface area contributed by atoms with Crippen molar-refractivity contribution >= 4 is 46.0 Å². The third kappa shape index (κ3) is 4.91. The number of amides is 2. The Morgan fingerprint density at radius 2 is 1.89 bits per heavy atom. The second-order valence-electron chi connectivity index (χ2n) is 10.5. The number of carbonyl (C=O) groups excluding carboxylic acids is 2. The van der Waals surface area contributed by atoms with Crippen molar-refractivity contribution in [2.24, 2.45) is 0 Å². The van der Waals surface area contributed by atoms with Crippen molar-refractivity contribution in [3.05, 3.63) is 81.1 Å². The van der Waals surface area contributed by atoms with Crippen LogP contribution in [-0.4, -0.2) is 47.2 Å². The number of benzene rings is 2. The highest BCUT2D eigenvalue weighted by Gasteiger charge is 2.51. The van der Waals surface area contributed by atoms with Gasteiger partial charge in [-0.05, 0) is 98.3 Å². The highest BCUT2D eigenvalue weighted by Crippen LogP contribution is 2.46. The summed E-state index contributed by atoms with van der Waals surface area (Å²) in [7, 11) is 0. The van der Waals surface area contributed by atoms with Crippen molar-refractivity contribution < 1.29 is 19.1 Å². The number of hydrogen-bond acceptors (Lipinski definition) is 6. The third-order valence-corrected chi connectivity index (χ3v) is 7.35. The number of rotatable bonds is 6. The third-order valence-electron chi connectivity index (χ3n) is 6.68. The van der Waals surface area contributed by atoms with E-state index in [1.54, 1.807) is 11.1 Å². The first-order valence-electron chi connectivity index (χ1n) is 12.7. The average Bonchev–Trinajstić information content (AvgIpc) is 3.10. The van der Waals surface area contributed by atoms with Gasteiger partial charge in [-0.3, -0.25) is 4.79 Å². The summed E-state index contributed by atoms with van der Waals surface area (Å²) in [5, 5.41) is 6.58. The van der Waals surface area contributed by atoms with Gasteiger partial charge in [0.1, 0.15) is 5.60 Å². The van der Waals surface area contributed by atoms with Crippen molar-refractivity contribution in [3.8, 4) is 5.88 Å². The maximum atomic E-state index is 13.7. The van der Waals surface area contributed by atoms with E-state index in [-0.39, 0.29) is 17.9 Å². The van der Waals surface area contributed by atoms with Gasteiger partial charge in [-0.25, -0.2) is 9.78 Å². The van der Waals surface area contributed by atoms with E-state index in [0.29, 0.717) is 31.1 Å². The lowest BCUT2D eigenvalue weighted by Crippen LogP contribution is -2.50. The Kier molecular flexibility index (Phi) is 6.97. The number of nitrogens with one attached hydrogen (secondary N) is 2. The van der Waals surface area contributed by atoms with Crippen molar-refractivity contribution in [2.75, 3.05) is 30.3 Å². The smallest absolute Gasteiger partial charge is 0.410 e. The van der Waals surface area contributed by atoms with Crippen LogP contribution < -0.4 is 15.4 Å². The first kappa shape index (κ1) is 26.3. The molecule has 38 heavy (non-hydrogen) atoms. The topological polar surface area (TPSA) is 92.8 Å². The lowest BCUT2D eigenvalue weighted by Gasteiger charge is -2.40. The summed E-state index contributed by atoms with van der Waals surface area (Å²) in [6.07, 6.45) is 1.38. The SMILES string of the molecule is CCOc1ncccc1C1(Nc2ccc(C3CN(C(=O)OC(C)(C)C)C3)cc2)C(=O)Nc2ccc(I)cc21. The molecule has 1 saturated heterocycles. The summed E-state index contributed by atoms with van der Waals surface area (Å²) in [4.78, 5) is 32.2. The molecule has 5 rings (SSSR count). The molecule has 2 amide bonds. The number of fused-ring (bicyclic) bond motifs is 1. The number of pyridine rings is 1. The van der Waals surface area contributed by atoms with Gasteiger partial charge in [-0.1, -0.05) is 12.1 Å². The van der Waals surface area contributed by atoms with Crippen molar-refractivity contribution in [1.29, 1.82) is 0 Å². The van der Waals surface area contributed by atoms with Crippen LogP contribution >= 0.6 is 22.6 Å². The summed E-state index contributed by atoms with van der Waals surface area (Å²) in [6, 6.07) is 17.6. The molecule has 0 bridgehead atoms. The van der Waals surface area contributed by atoms with E-state index in [2.05, 4.69) is 38.2 Å². The number of anilines is 2. The number of aromatic nitrogens is 1. The predicted molar refractivity (Wildman–Crippen MR) is 155 cm³/mol. The van der Waals surface area contributed by atoms with Crippen LogP contribution in [0.5, 0.6) is 5.88 Å². The summed E-state index contributed by atoms with van der Waals surface area (Å²) in [6.45, 7) is 9.17. The molecule has 1 fully saturated rings. The zero-order chi connectivity index (χ0) is 27.1. The maximum absolute atomic E-state index is 13.7. The van der Waals surface area contributed by atoms with Crippen LogP contribution in [0.1, 0.15) is 50.3 Å². The fourth-order valence-corrected chi connectivity index (χ4v) is 5.37. The van der Waals surface area contributed by atoms with E-state index in [4.69, 9.17) is 9.47 Å². The maximum Gasteiger partial charge on any atom is 0.410 e. The highest BCUT2D eigenvalue weighted by atomic mass is 127. The minimum atomic E-state index is -1.22. The molecule has 3 aromatic rings. The van der Waals surface area contributed by atoms with Gasteiger partial charge in [-0.2, -0.15) is 0 Å². The van der Waals surface area contributed by atoms with Gasteiger partial charge in [0.05, 0.1) is 12.2 Å². The standard InChI is InChI=1S/C29H31IN4O4/c1-5-37-25-22(7-6-14-31-25)29(23-15-20(30)10-13-24(23)32-26(29)35)33-21-11-8-18(9-12-21)19-16-34(17-19)27(36)38-28(2,3)4/h6-15,19,33H,5,16-17H2,1-4H3,(H,32,35). The van der Waals surface area contributed by atoms with E-state index in [1.165, 1.54) is 0 Å². The van der Waals surface area contributed by atoms with Gasteiger partial charge in [-0.15, -0.1) is 0 Å². The van der Waals surface area contributed by atoms with Crippen LogP contribution in [0.4, 0.5) is 16.2 Å². The van der Waals surface area contributed by atoms with Gasteiger partial charge in [0.25, 0.3) is 5.91 Å². The molecule has 1 unspecified atom stereocenters. The van der Waals surface area contributed by atoms with E-state index in [0.717, 1.165) is 26.1 Å². The molecule has 3 heterocycles. The number of halogens is 1. The average molecular weight is 626 g/mol. The molecule has 0 radical (unpaired) electrons. The number of hydrogen-bond donors (Lipinski definition) is 2. The fourth-order valence-electron chi connectivity index (χ4n) is 4.88. The Bertz CT molecular complexity index is 1370. The van der Waals surface area contributed by atoms with Crippen LogP contribution in [0.3, 0.4) is 0 Å². The number of ether oxygens (including phenoxy) is 2. The second-order valence-corrected chi connectivity index (χ2v) is 11.8. The van der Waals surface area contributed by atoms with E-state index in [9.17, 15) is 9.59 Å². The normalized spacial score (nSPS) is 18.9. The monoisotopic (exact) mass is 626 g/mol. The molecule has 198 valence electrons. The molecule has 8 nitrogen and oxygen atoms in total. The molecule has 1 atom stereocenters. The molecule has 0 spiro atoms. The summed E-state index contributed by atoms with van der Waals surface area (Å²) in [5.41, 5.74) is 2.40. The first-order valence-corrected chi connectivity index (χ1v) is 13.7. The van der Waals surface area contributed by atoms with Crippen LogP contribution in [0, 0.1) is 3.57 Å². The van der Waals surface area contributed by atoms with Crippen LogP contribution in [0.2, 0.25) is 0 Å². The largest absolute Gasteiger partial charge is 0.478 e. The van der Waals surface area contributed by atoms with Gasteiger partial charge in [0.15, 0.2) is 5.54 Å². The Morgan fingerprint density at radius 1 is 1.16 bits per heavy atom. The van der Waals surface area contributed by atoms with Gasteiger partial charge in [0.2, 0.25) is 5.88 Å². The minimum Gasteiger partial charge on any atom is -0.478 e. The summed E-state index contributed by atoms with van der Waals surface area (Å²) >= 11 is 2.26. The number of carbonyl (C=O) groups is 2. The Labute approximate surface area is 236 Å². The second kappa shape index (κ2) is 10.1. The van der Waals surface area contributed by atoms with Gasteiger partial charge >= 0.3 is 6.09 Å². The Morgan fingerprint density at radius 3 is 2.58 bits per heavy atom. The molecule has 1 aromatic heterocycles. The van der Waals surface area contributed by atoms with E-state index in [1.807, 2.05) is 82.3 Å². The predicted octanol–water partition coefficient (Wildman–Crippen LogP) is 5.73. The Balaban J connectivity index is 1.43. The van der Waals surface area contributed by atoms with E-state index >= 15 is 0 Å². The van der Waals surface area contributed by atoms with Crippen LogP contribution in [0.15, 0.2) is 60.8 Å². The van der Waals surface area contributed by atoms with Gasteiger partial charge in [0, 0.05) is 45.7 Å². The molecule has 0 saturated carbocycles. The number of likely N-dealkylation sites (tertiary alicyclic amines) is 1. The summed E-state index contributed by atoms with van der Waals surface area (Å²) < 4.78 is 12.3.